The number of nitrogens with one attached hydrogen (secondary N) is 4. The Kier molecular flexibility index (Phi) is 19.4. The Hall–Kier alpha value is -5.23. The molecule has 3 heterocycles. The van der Waals surface area contributed by atoms with Gasteiger partial charge in [-0.3, -0.25) is 4.98 Å². The van der Waals surface area contributed by atoms with Gasteiger partial charge in [-0.15, -0.1) is 12.3 Å². The molecule has 4 aromatic rings. The predicted molar refractivity (Wildman–Crippen MR) is 288 cm³/mol. The molecule has 0 radical (unpaired) electrons. The first-order valence-corrected chi connectivity index (χ1v) is 25.3. The minimum Gasteiger partial charge on any atom is -0.394 e. The predicted octanol–water partition coefficient (Wildman–Crippen LogP) is 12.0. The average Bonchev–Trinajstić information content (AvgIpc) is 3.59. The van der Waals surface area contributed by atoms with Gasteiger partial charge >= 0.3 is 0 Å². The van der Waals surface area contributed by atoms with Crippen LogP contribution < -0.4 is 27.1 Å². The van der Waals surface area contributed by atoms with Crippen LogP contribution in [0.25, 0.3) is 33.3 Å². The maximum atomic E-state index is 5.82. The molecule has 8 heteroatoms. The van der Waals surface area contributed by atoms with Crippen LogP contribution in [0, 0.1) is 48.4 Å². The summed E-state index contributed by atoms with van der Waals surface area (Å²) in [6.07, 6.45) is 18.4. The highest BCUT2D eigenvalue weighted by molar-refractivity contribution is 5.95. The van der Waals surface area contributed by atoms with Crippen molar-refractivity contribution in [2.75, 3.05) is 33.2 Å². The van der Waals surface area contributed by atoms with E-state index in [-0.39, 0.29) is 11.5 Å². The minimum atomic E-state index is -0.00812. The van der Waals surface area contributed by atoms with Crippen molar-refractivity contribution in [1.29, 1.82) is 0 Å². The monoisotopic (exact) mass is 907 g/mol. The number of nitrogens with zero attached hydrogens (tertiary/aromatic N) is 3. The molecular weight excluding hydrogens is 821 g/mol. The van der Waals surface area contributed by atoms with Crippen LogP contribution in [0.4, 0.5) is 0 Å². The highest BCUT2D eigenvalue weighted by atomic mass is 15.5. The number of fused-ring (bicyclic) bond motifs is 1. The zero-order valence-electron chi connectivity index (χ0n) is 43.0. The van der Waals surface area contributed by atoms with E-state index < -0.39 is 0 Å². The number of terminal acetylenes is 1. The maximum absolute atomic E-state index is 5.82. The number of nitrogens with two attached hydrogens (primary N) is 1. The molecule has 362 valence electrons. The maximum Gasteiger partial charge on any atom is 0.0707 e. The van der Waals surface area contributed by atoms with Gasteiger partial charge in [0.25, 0.3) is 0 Å². The van der Waals surface area contributed by atoms with E-state index in [0.29, 0.717) is 36.1 Å². The van der Waals surface area contributed by atoms with Crippen LogP contribution >= 0.6 is 0 Å². The van der Waals surface area contributed by atoms with Crippen molar-refractivity contribution in [2.24, 2.45) is 34.8 Å². The van der Waals surface area contributed by atoms with E-state index in [1.165, 1.54) is 69.2 Å². The molecule has 1 aliphatic heterocycles. The molecule has 2 aromatic heterocycles. The largest absolute Gasteiger partial charge is 0.394 e. The Bertz CT molecular complexity index is 2330. The van der Waals surface area contributed by atoms with E-state index in [9.17, 15) is 0 Å². The fraction of sp³-hybridized carbons (Fsp3) is 0.508. The van der Waals surface area contributed by atoms with Crippen molar-refractivity contribution in [3.8, 4) is 34.7 Å². The fourth-order valence-electron chi connectivity index (χ4n) is 10.6. The topological polar surface area (TPSA) is 95.2 Å². The molecule has 6 rings (SSSR count). The molecule has 2 fully saturated rings. The van der Waals surface area contributed by atoms with E-state index in [2.05, 4.69) is 154 Å². The summed E-state index contributed by atoms with van der Waals surface area (Å²) in [7, 11) is 1.81. The lowest BCUT2D eigenvalue weighted by atomic mass is 9.64. The molecule has 6 N–H and O–H groups in total. The van der Waals surface area contributed by atoms with Gasteiger partial charge in [0, 0.05) is 85.3 Å². The zero-order valence-corrected chi connectivity index (χ0v) is 43.0. The van der Waals surface area contributed by atoms with Crippen molar-refractivity contribution in [2.45, 2.75) is 132 Å². The Labute approximate surface area is 406 Å². The molecule has 2 atom stereocenters. The third-order valence-electron chi connectivity index (χ3n) is 14.0. The number of allylic oxidation sites excluding steroid dienone is 1. The van der Waals surface area contributed by atoms with Crippen LogP contribution in [0.1, 0.15) is 122 Å². The normalized spacial score (nSPS) is 16.9. The molecule has 1 saturated carbocycles. The highest BCUT2D eigenvalue weighted by Crippen LogP contribution is 2.45. The van der Waals surface area contributed by atoms with Gasteiger partial charge in [0.05, 0.1) is 17.4 Å². The van der Waals surface area contributed by atoms with Gasteiger partial charge in [-0.2, -0.15) is 0 Å². The molecule has 0 amide bonds. The number of hydrogen-bond donors (Lipinski definition) is 5. The van der Waals surface area contributed by atoms with Crippen molar-refractivity contribution < 1.29 is 0 Å². The van der Waals surface area contributed by atoms with E-state index in [1.54, 1.807) is 6.20 Å². The summed E-state index contributed by atoms with van der Waals surface area (Å²) >= 11 is 0. The van der Waals surface area contributed by atoms with Gasteiger partial charge in [-0.1, -0.05) is 97.7 Å². The molecule has 2 unspecified atom stereocenters. The van der Waals surface area contributed by atoms with E-state index >= 15 is 0 Å². The van der Waals surface area contributed by atoms with E-state index in [4.69, 9.17) is 30.3 Å². The number of hydrogen-bond acceptors (Lipinski definition) is 7. The molecule has 2 aromatic carbocycles. The number of pyridine rings is 1. The lowest BCUT2D eigenvalue weighted by Crippen LogP contribution is -2.49. The second kappa shape index (κ2) is 24.7. The third-order valence-corrected chi connectivity index (χ3v) is 14.0. The Balaban J connectivity index is 0.00000202. The van der Waals surface area contributed by atoms with Gasteiger partial charge in [0.15, 0.2) is 0 Å². The minimum absolute atomic E-state index is 0.00812. The number of benzene rings is 2. The summed E-state index contributed by atoms with van der Waals surface area (Å²) < 4.78 is 2.52. The Morgan fingerprint density at radius 3 is 2.43 bits per heavy atom. The van der Waals surface area contributed by atoms with Crippen LogP contribution in [0.3, 0.4) is 0 Å². The SMILES string of the molecule is C#CCCC(C)(C)Cc1c(-c2cccnc2C(C)C)n(CC)c2ccc(-c3cc(C)cc(CC(NC(=C)C(C(C)C)C4CC(CNC(=C)CCN)C4)C(=C)N4CCCCN4)c3)cc12.C=CNC. The van der Waals surface area contributed by atoms with Crippen molar-refractivity contribution in [3.05, 3.63) is 127 Å². The number of aryl methyl sites for hydroxylation is 2. The van der Waals surface area contributed by atoms with Crippen LogP contribution in [-0.2, 0) is 19.4 Å². The summed E-state index contributed by atoms with van der Waals surface area (Å²) in [6.45, 7) is 39.9. The second-order valence-corrected chi connectivity index (χ2v) is 20.7. The molecule has 1 saturated heterocycles. The highest BCUT2D eigenvalue weighted by Gasteiger charge is 2.38. The zero-order chi connectivity index (χ0) is 48.8. The third kappa shape index (κ3) is 13.7. The summed E-state index contributed by atoms with van der Waals surface area (Å²) in [5, 5.41) is 13.9. The Morgan fingerprint density at radius 2 is 1.81 bits per heavy atom. The quantitative estimate of drug-likeness (QED) is 0.0473. The molecule has 67 heavy (non-hydrogen) atoms. The second-order valence-electron chi connectivity index (χ2n) is 20.7. The van der Waals surface area contributed by atoms with Crippen molar-refractivity contribution in [1.82, 2.24) is 35.9 Å². The van der Waals surface area contributed by atoms with E-state index in [1.807, 2.05) is 13.2 Å². The summed E-state index contributed by atoms with van der Waals surface area (Å²) in [4.78, 5) is 4.94. The number of rotatable bonds is 23. The number of aromatic nitrogens is 2. The number of hydrazine groups is 1. The van der Waals surface area contributed by atoms with Gasteiger partial charge in [0.1, 0.15) is 0 Å². The standard InChI is InChI=1S/C56H79N7.C3H7N/c1-13-15-23-56(11,12)35-50-49-34-45(20-21-52(49)62(14-2)55(50)48-19-18-25-58-54(48)38(5)6)46-29-39(7)28-43(30-46)33-51(42(10)63-27-17-16-26-60-63)61-41(9)53(37(3)4)47-31-44(32-47)36-59-40(8)22-24-57;1-3-4-2/h1,18-21,25,28-30,34,37-38,44,47,51,53,59-61H,8-10,14-17,22-24,26-27,31-33,35-36,57H2,2-7,11-12H3;3-4H,1H2,2H3. The van der Waals surface area contributed by atoms with Crippen molar-refractivity contribution >= 4 is 10.9 Å². The van der Waals surface area contributed by atoms with Crippen LogP contribution in [0.2, 0.25) is 0 Å². The molecule has 1 aliphatic carbocycles. The van der Waals surface area contributed by atoms with Gasteiger partial charge in [0.2, 0.25) is 0 Å². The molecule has 8 nitrogen and oxygen atoms in total. The molecule has 2 aliphatic rings. The first-order chi connectivity index (χ1) is 32.1. The van der Waals surface area contributed by atoms with Crippen molar-refractivity contribution in [3.63, 3.8) is 0 Å². The molecule has 0 bridgehead atoms. The van der Waals surface area contributed by atoms with Crippen LogP contribution in [0.5, 0.6) is 0 Å². The lowest BCUT2D eigenvalue weighted by Gasteiger charge is -2.44. The first-order valence-electron chi connectivity index (χ1n) is 25.3. The first kappa shape index (κ1) is 52.7. The molecule has 0 spiro atoms. The fourth-order valence-corrected chi connectivity index (χ4v) is 10.6. The summed E-state index contributed by atoms with van der Waals surface area (Å²) in [5.41, 5.74) is 24.0. The van der Waals surface area contributed by atoms with Crippen LogP contribution in [0.15, 0.2) is 104 Å². The van der Waals surface area contributed by atoms with E-state index in [0.717, 1.165) is 87.5 Å². The smallest absolute Gasteiger partial charge is 0.0707 e. The average molecular weight is 907 g/mol. The van der Waals surface area contributed by atoms with Gasteiger partial charge in [-0.25, -0.2) is 5.43 Å². The lowest BCUT2D eigenvalue weighted by molar-refractivity contribution is 0.110. The Morgan fingerprint density at radius 1 is 1.06 bits per heavy atom. The van der Waals surface area contributed by atoms with Gasteiger partial charge in [-0.05, 0) is 154 Å². The van der Waals surface area contributed by atoms with Crippen LogP contribution in [-0.4, -0.2) is 53.8 Å². The summed E-state index contributed by atoms with van der Waals surface area (Å²) in [5.74, 6) is 5.33. The summed E-state index contributed by atoms with van der Waals surface area (Å²) in [6, 6.07) is 18.6. The molecular formula is C59H86N8. The van der Waals surface area contributed by atoms with Gasteiger partial charge < -0.3 is 31.3 Å².